The third-order valence-electron chi connectivity index (χ3n) is 6.23. The Balaban J connectivity index is 0.000000669. The van der Waals surface area contributed by atoms with Gasteiger partial charge in [-0.25, -0.2) is 28.8 Å². The minimum Gasteiger partial charge on any atom is -0.465 e. The third-order valence-corrected chi connectivity index (χ3v) is 6.23. The van der Waals surface area contributed by atoms with E-state index >= 15 is 0 Å². The van der Waals surface area contributed by atoms with Crippen LogP contribution in [0.2, 0.25) is 0 Å². The summed E-state index contributed by atoms with van der Waals surface area (Å²) in [7, 11) is 2.47. The van der Waals surface area contributed by atoms with E-state index in [0.717, 1.165) is 6.42 Å². The first-order valence-electron chi connectivity index (χ1n) is 16.8. The Hall–Kier alpha value is -5.90. The van der Waals surface area contributed by atoms with Gasteiger partial charge < -0.3 is 18.9 Å². The molecule has 4 aromatic carbocycles. The maximum atomic E-state index is 11.1. The van der Waals surface area contributed by atoms with Gasteiger partial charge in [-0.2, -0.15) is 0 Å². The number of benzene rings is 4. The molecule has 2 aliphatic heterocycles. The molecule has 4 aromatic rings. The molecule has 0 saturated carbocycles. The SMILES string of the molecule is CC.CC.CC.CC.COC(=O)c1ccc2c(c1)C(=O)OC2=O.COC(=O)c1ccc2c(c1)C(=O)OC2=O.c1ccc(Cc2ccccc2)cc1. The molecule has 0 N–H and O–H groups in total. The minimum atomic E-state index is -0.735. The molecule has 6 rings (SSSR count). The molecule has 10 heteroatoms. The van der Waals surface area contributed by atoms with E-state index in [1.807, 2.05) is 55.4 Å². The number of cyclic esters (lactones) is 4. The number of rotatable bonds is 4. The van der Waals surface area contributed by atoms with Crippen molar-refractivity contribution in [3.8, 4) is 0 Å². The molecule has 0 radical (unpaired) electrons. The molecule has 51 heavy (non-hydrogen) atoms. The highest BCUT2D eigenvalue weighted by Crippen LogP contribution is 2.22. The van der Waals surface area contributed by atoms with E-state index in [-0.39, 0.29) is 33.4 Å². The van der Waals surface area contributed by atoms with Crippen LogP contribution in [0, 0.1) is 0 Å². The van der Waals surface area contributed by atoms with Crippen LogP contribution >= 0.6 is 0 Å². The molecule has 2 aliphatic rings. The van der Waals surface area contributed by atoms with Crippen molar-refractivity contribution in [2.75, 3.05) is 14.2 Å². The predicted octanol–water partition coefficient (Wildman–Crippen LogP) is 8.95. The van der Waals surface area contributed by atoms with Gasteiger partial charge in [0.05, 0.1) is 47.6 Å². The van der Waals surface area contributed by atoms with Gasteiger partial charge in [0.15, 0.2) is 0 Å². The Morgan fingerprint density at radius 1 is 0.451 bits per heavy atom. The largest absolute Gasteiger partial charge is 0.465 e. The number of esters is 6. The number of carbonyl (C=O) groups is 6. The highest BCUT2D eigenvalue weighted by Gasteiger charge is 2.31. The van der Waals surface area contributed by atoms with Gasteiger partial charge in [0, 0.05) is 0 Å². The van der Waals surface area contributed by atoms with E-state index in [2.05, 4.69) is 79.6 Å². The molecule has 0 aromatic heterocycles. The van der Waals surface area contributed by atoms with E-state index in [4.69, 9.17) is 0 Å². The van der Waals surface area contributed by atoms with Crippen molar-refractivity contribution in [2.45, 2.75) is 61.8 Å². The predicted molar refractivity (Wildman–Crippen MR) is 196 cm³/mol. The van der Waals surface area contributed by atoms with Gasteiger partial charge in [-0.1, -0.05) is 116 Å². The van der Waals surface area contributed by atoms with Gasteiger partial charge in [0.2, 0.25) is 0 Å². The molecule has 0 unspecified atom stereocenters. The number of hydrogen-bond acceptors (Lipinski definition) is 10. The van der Waals surface area contributed by atoms with Crippen LogP contribution in [0.5, 0.6) is 0 Å². The second-order valence-corrected chi connectivity index (χ2v) is 9.01. The Morgan fingerprint density at radius 2 is 0.745 bits per heavy atom. The fourth-order valence-electron chi connectivity index (χ4n) is 4.09. The second kappa shape index (κ2) is 25.1. The Labute approximate surface area is 300 Å². The highest BCUT2D eigenvalue weighted by atomic mass is 16.6. The summed E-state index contributed by atoms with van der Waals surface area (Å²) < 4.78 is 17.7. The minimum absolute atomic E-state index is 0.0999. The monoisotopic (exact) mass is 700 g/mol. The number of carbonyl (C=O) groups excluding carboxylic acids is 6. The lowest BCUT2D eigenvalue weighted by atomic mass is 10.1. The molecule has 2 heterocycles. The normalized spacial score (nSPS) is 10.9. The number of hydrogen-bond donors (Lipinski definition) is 0. The lowest BCUT2D eigenvalue weighted by molar-refractivity contribution is 0.0425. The highest BCUT2D eigenvalue weighted by molar-refractivity contribution is 6.16. The first-order chi connectivity index (χ1) is 24.7. The summed E-state index contributed by atoms with van der Waals surface area (Å²) in [4.78, 5) is 66.7. The average Bonchev–Trinajstić information content (AvgIpc) is 3.66. The molecule has 0 atom stereocenters. The standard InChI is InChI=1S/C13H12.2C10H6O5.4C2H6/c1-3-7-12(8-4-1)11-13-9-5-2-6-10-13;2*1-14-8(11)5-2-3-6-7(4-5)10(13)15-9(6)12;4*1-2/h1-10H,11H2;2*2-4H,1H3;4*1-2H3. The van der Waals surface area contributed by atoms with Crippen molar-refractivity contribution in [1.29, 1.82) is 0 Å². The molecule has 0 amide bonds. The van der Waals surface area contributed by atoms with Gasteiger partial charge in [-0.15, -0.1) is 0 Å². The molecule has 0 bridgehead atoms. The van der Waals surface area contributed by atoms with Gasteiger partial charge in [-0.05, 0) is 53.9 Å². The molecule has 0 fully saturated rings. The van der Waals surface area contributed by atoms with Gasteiger partial charge in [-0.3, -0.25) is 0 Å². The Morgan fingerprint density at radius 3 is 1.04 bits per heavy atom. The molecular formula is C41H48O10. The van der Waals surface area contributed by atoms with Gasteiger partial charge in [0.1, 0.15) is 0 Å². The summed E-state index contributed by atoms with van der Waals surface area (Å²) in [5, 5.41) is 0. The smallest absolute Gasteiger partial charge is 0.346 e. The fourth-order valence-corrected chi connectivity index (χ4v) is 4.09. The second-order valence-electron chi connectivity index (χ2n) is 9.01. The zero-order chi connectivity index (χ0) is 38.9. The Bertz CT molecular complexity index is 1580. The molecule has 0 spiro atoms. The summed E-state index contributed by atoms with van der Waals surface area (Å²) in [6.07, 6.45) is 1.03. The lowest BCUT2D eigenvalue weighted by Gasteiger charge is -2.00. The average molecular weight is 701 g/mol. The maximum Gasteiger partial charge on any atom is 0.346 e. The van der Waals surface area contributed by atoms with Gasteiger partial charge >= 0.3 is 35.8 Å². The fraction of sp³-hybridized carbons (Fsp3) is 0.268. The van der Waals surface area contributed by atoms with E-state index in [9.17, 15) is 28.8 Å². The van der Waals surface area contributed by atoms with E-state index in [0.29, 0.717) is 0 Å². The van der Waals surface area contributed by atoms with Crippen molar-refractivity contribution < 1.29 is 47.7 Å². The number of ether oxygens (including phenoxy) is 4. The Kier molecular flexibility index (Phi) is 22.2. The van der Waals surface area contributed by atoms with Gasteiger partial charge in [0.25, 0.3) is 0 Å². The molecular weight excluding hydrogens is 652 g/mol. The zero-order valence-electron chi connectivity index (χ0n) is 31.0. The van der Waals surface area contributed by atoms with Crippen molar-refractivity contribution in [2.24, 2.45) is 0 Å². The molecule has 10 nitrogen and oxygen atoms in total. The lowest BCUT2D eigenvalue weighted by Crippen LogP contribution is -2.03. The van der Waals surface area contributed by atoms with Crippen LogP contribution in [0.3, 0.4) is 0 Å². The molecule has 0 saturated heterocycles. The summed E-state index contributed by atoms with van der Waals surface area (Å²) >= 11 is 0. The van der Waals surface area contributed by atoms with Crippen LogP contribution < -0.4 is 0 Å². The van der Waals surface area contributed by atoms with Crippen molar-refractivity contribution in [1.82, 2.24) is 0 Å². The molecule has 272 valence electrons. The topological polar surface area (TPSA) is 139 Å². The third kappa shape index (κ3) is 13.5. The first-order valence-corrected chi connectivity index (χ1v) is 16.8. The van der Waals surface area contributed by atoms with Crippen molar-refractivity contribution >= 4 is 35.8 Å². The summed E-state index contributed by atoms with van der Waals surface area (Å²) in [6, 6.07) is 29.2. The van der Waals surface area contributed by atoms with Crippen LogP contribution in [-0.4, -0.2) is 50.0 Å². The van der Waals surface area contributed by atoms with E-state index in [1.54, 1.807) is 0 Å². The van der Waals surface area contributed by atoms with Crippen molar-refractivity contribution in [3.63, 3.8) is 0 Å². The van der Waals surface area contributed by atoms with E-state index in [1.165, 1.54) is 61.7 Å². The maximum absolute atomic E-state index is 11.1. The van der Waals surface area contributed by atoms with Crippen LogP contribution in [0.25, 0.3) is 0 Å². The first kappa shape index (κ1) is 45.1. The van der Waals surface area contributed by atoms with Crippen LogP contribution in [-0.2, 0) is 25.4 Å². The number of methoxy groups -OCH3 is 2. The van der Waals surface area contributed by atoms with Crippen LogP contribution in [0.1, 0.15) is 129 Å². The summed E-state index contributed by atoms with van der Waals surface area (Å²) in [5.74, 6) is -3.98. The van der Waals surface area contributed by atoms with Crippen LogP contribution in [0.4, 0.5) is 0 Å². The van der Waals surface area contributed by atoms with Crippen molar-refractivity contribution in [3.05, 3.63) is 142 Å². The van der Waals surface area contributed by atoms with E-state index < -0.39 is 35.8 Å². The summed E-state index contributed by atoms with van der Waals surface area (Å²) in [6.45, 7) is 16.0. The van der Waals surface area contributed by atoms with Crippen LogP contribution in [0.15, 0.2) is 97.1 Å². The quantitative estimate of drug-likeness (QED) is 0.115. The number of fused-ring (bicyclic) bond motifs is 2. The molecule has 0 aliphatic carbocycles. The summed E-state index contributed by atoms with van der Waals surface area (Å²) in [5.41, 5.74) is 3.71. The zero-order valence-corrected chi connectivity index (χ0v) is 31.0.